The SMILES string of the molecule is CCN(CCC(=O)O)C(=O)c1ccc(Br)cc1C(F)(F)F. The number of amides is 1. The van der Waals surface area contributed by atoms with Crippen molar-refractivity contribution < 1.29 is 27.9 Å². The van der Waals surface area contributed by atoms with Crippen LogP contribution < -0.4 is 0 Å². The Morgan fingerprint density at radius 3 is 2.43 bits per heavy atom. The van der Waals surface area contributed by atoms with Gasteiger partial charge in [-0.3, -0.25) is 9.59 Å². The van der Waals surface area contributed by atoms with Gasteiger partial charge in [0.05, 0.1) is 17.5 Å². The first-order chi connectivity index (χ1) is 9.66. The summed E-state index contributed by atoms with van der Waals surface area (Å²) < 4.78 is 39.2. The summed E-state index contributed by atoms with van der Waals surface area (Å²) in [5.41, 5.74) is -1.53. The fourth-order valence-electron chi connectivity index (χ4n) is 1.74. The van der Waals surface area contributed by atoms with Crippen molar-refractivity contribution in [2.75, 3.05) is 13.1 Å². The van der Waals surface area contributed by atoms with Crippen molar-refractivity contribution in [3.63, 3.8) is 0 Å². The Morgan fingerprint density at radius 2 is 1.95 bits per heavy atom. The van der Waals surface area contributed by atoms with Crippen LogP contribution in [0.2, 0.25) is 0 Å². The summed E-state index contributed by atoms with van der Waals surface area (Å²) in [6.45, 7) is 1.56. The Bertz CT molecular complexity index is 546. The molecule has 0 bridgehead atoms. The van der Waals surface area contributed by atoms with Crippen molar-refractivity contribution in [3.05, 3.63) is 33.8 Å². The third-order valence-corrected chi connectivity index (χ3v) is 3.28. The van der Waals surface area contributed by atoms with Crippen molar-refractivity contribution in [1.82, 2.24) is 4.90 Å². The van der Waals surface area contributed by atoms with Gasteiger partial charge in [0.15, 0.2) is 0 Å². The van der Waals surface area contributed by atoms with E-state index in [2.05, 4.69) is 15.9 Å². The molecule has 0 aliphatic heterocycles. The van der Waals surface area contributed by atoms with Crippen LogP contribution in [-0.2, 0) is 11.0 Å². The van der Waals surface area contributed by atoms with Gasteiger partial charge in [0.25, 0.3) is 5.91 Å². The lowest BCUT2D eigenvalue weighted by atomic mass is 10.1. The quantitative estimate of drug-likeness (QED) is 0.867. The second-order valence-corrected chi connectivity index (χ2v) is 5.13. The fourth-order valence-corrected chi connectivity index (χ4v) is 2.10. The van der Waals surface area contributed by atoms with Crippen LogP contribution in [0, 0.1) is 0 Å². The lowest BCUT2D eigenvalue weighted by Gasteiger charge is -2.22. The Morgan fingerprint density at radius 1 is 1.33 bits per heavy atom. The molecule has 0 aliphatic carbocycles. The third kappa shape index (κ3) is 4.73. The van der Waals surface area contributed by atoms with Crippen LogP contribution in [-0.4, -0.2) is 35.0 Å². The minimum atomic E-state index is -4.67. The molecule has 0 heterocycles. The molecule has 1 aromatic carbocycles. The Balaban J connectivity index is 3.13. The summed E-state index contributed by atoms with van der Waals surface area (Å²) in [4.78, 5) is 23.8. The van der Waals surface area contributed by atoms with Crippen LogP contribution in [0.5, 0.6) is 0 Å². The number of carbonyl (C=O) groups excluding carboxylic acids is 1. The molecule has 0 fully saturated rings. The molecule has 0 saturated heterocycles. The van der Waals surface area contributed by atoms with Gasteiger partial charge in [-0.05, 0) is 25.1 Å². The molecule has 0 radical (unpaired) electrons. The van der Waals surface area contributed by atoms with Crippen LogP contribution in [0.25, 0.3) is 0 Å². The van der Waals surface area contributed by atoms with Gasteiger partial charge in [-0.15, -0.1) is 0 Å². The maximum absolute atomic E-state index is 13.0. The number of carboxylic acids is 1. The highest BCUT2D eigenvalue weighted by Crippen LogP contribution is 2.34. The number of aliphatic carboxylic acids is 1. The Kier molecular flexibility index (Phi) is 5.77. The second kappa shape index (κ2) is 6.93. The molecule has 0 atom stereocenters. The molecule has 0 spiro atoms. The van der Waals surface area contributed by atoms with E-state index in [4.69, 9.17) is 5.11 Å². The standard InChI is InChI=1S/C13H13BrF3NO3/c1-2-18(6-5-11(19)20)12(21)9-4-3-8(14)7-10(9)13(15,16)17/h3-4,7H,2,5-6H2,1H3,(H,19,20). The fraction of sp³-hybridized carbons (Fsp3) is 0.385. The molecule has 116 valence electrons. The molecule has 4 nitrogen and oxygen atoms in total. The Hall–Kier alpha value is -1.57. The maximum Gasteiger partial charge on any atom is 0.417 e. The zero-order chi connectivity index (χ0) is 16.2. The Labute approximate surface area is 127 Å². The largest absolute Gasteiger partial charge is 0.481 e. The van der Waals surface area contributed by atoms with Crippen molar-refractivity contribution in [2.45, 2.75) is 19.5 Å². The highest BCUT2D eigenvalue weighted by atomic mass is 79.9. The molecule has 0 aromatic heterocycles. The van der Waals surface area contributed by atoms with E-state index in [1.165, 1.54) is 6.07 Å². The first kappa shape index (κ1) is 17.5. The number of hydrogen-bond donors (Lipinski definition) is 1. The normalized spacial score (nSPS) is 11.3. The van der Waals surface area contributed by atoms with E-state index in [1.54, 1.807) is 6.92 Å². The van der Waals surface area contributed by atoms with Gasteiger partial charge in [0.1, 0.15) is 0 Å². The van der Waals surface area contributed by atoms with E-state index < -0.39 is 29.2 Å². The zero-order valence-corrected chi connectivity index (χ0v) is 12.7. The summed E-state index contributed by atoms with van der Waals surface area (Å²) in [5, 5.41) is 8.61. The average molecular weight is 368 g/mol. The number of nitrogens with zero attached hydrogens (tertiary/aromatic N) is 1. The van der Waals surface area contributed by atoms with Gasteiger partial charge in [-0.2, -0.15) is 13.2 Å². The van der Waals surface area contributed by atoms with E-state index >= 15 is 0 Å². The van der Waals surface area contributed by atoms with Gasteiger partial charge in [-0.25, -0.2) is 0 Å². The lowest BCUT2D eigenvalue weighted by molar-refractivity contribution is -0.139. The van der Waals surface area contributed by atoms with Crippen LogP contribution in [0.3, 0.4) is 0 Å². The molecule has 1 rings (SSSR count). The van der Waals surface area contributed by atoms with Gasteiger partial charge in [-0.1, -0.05) is 15.9 Å². The van der Waals surface area contributed by atoms with Crippen LogP contribution in [0.15, 0.2) is 22.7 Å². The molecule has 0 saturated carbocycles. The minimum absolute atomic E-state index is 0.124. The molecule has 1 aromatic rings. The molecular weight excluding hydrogens is 355 g/mol. The monoisotopic (exact) mass is 367 g/mol. The number of carbonyl (C=O) groups is 2. The molecule has 0 unspecified atom stereocenters. The van der Waals surface area contributed by atoms with E-state index in [-0.39, 0.29) is 24.0 Å². The van der Waals surface area contributed by atoms with Crippen molar-refractivity contribution in [1.29, 1.82) is 0 Å². The van der Waals surface area contributed by atoms with Gasteiger partial charge in [0, 0.05) is 17.6 Å². The number of carboxylic acid groups (broad SMARTS) is 1. The van der Waals surface area contributed by atoms with Crippen molar-refractivity contribution in [3.8, 4) is 0 Å². The molecule has 0 aliphatic rings. The topological polar surface area (TPSA) is 57.6 Å². The molecule has 1 N–H and O–H groups in total. The van der Waals surface area contributed by atoms with Gasteiger partial charge in [0.2, 0.25) is 0 Å². The van der Waals surface area contributed by atoms with E-state index in [9.17, 15) is 22.8 Å². The summed E-state index contributed by atoms with van der Waals surface area (Å²) in [7, 11) is 0. The number of halogens is 4. The third-order valence-electron chi connectivity index (χ3n) is 2.78. The highest BCUT2D eigenvalue weighted by Gasteiger charge is 2.36. The van der Waals surface area contributed by atoms with E-state index in [0.29, 0.717) is 0 Å². The molecule has 1 amide bonds. The second-order valence-electron chi connectivity index (χ2n) is 4.22. The first-order valence-corrected chi connectivity index (χ1v) is 6.84. The number of alkyl halides is 3. The predicted octanol–water partition coefficient (Wildman–Crippen LogP) is 3.40. The highest BCUT2D eigenvalue weighted by molar-refractivity contribution is 9.10. The number of hydrogen-bond acceptors (Lipinski definition) is 2. The van der Waals surface area contributed by atoms with Gasteiger partial charge >= 0.3 is 12.1 Å². The van der Waals surface area contributed by atoms with E-state index in [1.807, 2.05) is 0 Å². The maximum atomic E-state index is 13.0. The molecule has 21 heavy (non-hydrogen) atoms. The summed E-state index contributed by atoms with van der Waals surface area (Å²) >= 11 is 2.94. The molecule has 8 heteroatoms. The zero-order valence-electron chi connectivity index (χ0n) is 11.1. The number of benzene rings is 1. The first-order valence-electron chi connectivity index (χ1n) is 6.04. The average Bonchev–Trinajstić information content (AvgIpc) is 2.37. The summed E-state index contributed by atoms with van der Waals surface area (Å²) in [5.74, 6) is -1.95. The summed E-state index contributed by atoms with van der Waals surface area (Å²) in [6.07, 6.45) is -4.99. The van der Waals surface area contributed by atoms with Gasteiger partial charge < -0.3 is 10.0 Å². The minimum Gasteiger partial charge on any atom is -0.481 e. The van der Waals surface area contributed by atoms with Crippen LogP contribution in [0.4, 0.5) is 13.2 Å². The summed E-state index contributed by atoms with van der Waals surface area (Å²) in [6, 6.07) is 3.25. The van der Waals surface area contributed by atoms with Crippen LogP contribution in [0.1, 0.15) is 29.3 Å². The predicted molar refractivity (Wildman–Crippen MR) is 73.0 cm³/mol. The molecular formula is C13H13BrF3NO3. The number of rotatable bonds is 5. The van der Waals surface area contributed by atoms with E-state index in [0.717, 1.165) is 17.0 Å². The van der Waals surface area contributed by atoms with Crippen molar-refractivity contribution >= 4 is 27.8 Å². The van der Waals surface area contributed by atoms with Crippen LogP contribution >= 0.6 is 15.9 Å². The van der Waals surface area contributed by atoms with Crippen molar-refractivity contribution in [2.24, 2.45) is 0 Å². The lowest BCUT2D eigenvalue weighted by Crippen LogP contribution is -2.34. The smallest absolute Gasteiger partial charge is 0.417 e.